The molecule has 16 heavy (non-hydrogen) atoms. The summed E-state index contributed by atoms with van der Waals surface area (Å²) < 4.78 is 27.6. The third kappa shape index (κ3) is 1.07. The molecule has 0 radical (unpaired) electrons. The Hall–Kier alpha value is -0.960. The van der Waals surface area contributed by atoms with Gasteiger partial charge in [0.2, 0.25) is 0 Å². The van der Waals surface area contributed by atoms with Crippen LogP contribution in [0.2, 0.25) is 0 Å². The van der Waals surface area contributed by atoms with Gasteiger partial charge in [-0.2, -0.15) is 0 Å². The fourth-order valence-corrected chi connectivity index (χ4v) is 3.32. The Balaban J connectivity index is 2.11. The number of hydrogen-bond acceptors (Lipinski definition) is 1. The van der Waals surface area contributed by atoms with Crippen LogP contribution in [0.4, 0.5) is 8.78 Å². The van der Waals surface area contributed by atoms with Crippen molar-refractivity contribution in [2.45, 2.75) is 31.8 Å². The normalized spacial score (nSPS) is 36.2. The van der Waals surface area contributed by atoms with E-state index in [0.29, 0.717) is 5.56 Å². The van der Waals surface area contributed by atoms with Crippen molar-refractivity contribution in [3.05, 3.63) is 34.9 Å². The van der Waals surface area contributed by atoms with Gasteiger partial charge in [-0.1, -0.05) is 12.5 Å². The van der Waals surface area contributed by atoms with Gasteiger partial charge in [-0.25, -0.2) is 8.78 Å². The van der Waals surface area contributed by atoms with Crippen LogP contribution < -0.4 is 0 Å². The van der Waals surface area contributed by atoms with Crippen molar-refractivity contribution in [2.75, 3.05) is 0 Å². The van der Waals surface area contributed by atoms with Gasteiger partial charge in [-0.05, 0) is 43.2 Å². The summed E-state index contributed by atoms with van der Waals surface area (Å²) in [4.78, 5) is 0. The van der Waals surface area contributed by atoms with E-state index < -0.39 is 17.2 Å². The third-order valence-corrected chi connectivity index (χ3v) is 4.22. The van der Waals surface area contributed by atoms with Crippen LogP contribution in [0.25, 0.3) is 0 Å². The highest BCUT2D eigenvalue weighted by Gasteiger charge is 2.68. The Kier molecular flexibility index (Phi) is 1.94. The molecule has 3 rings (SSSR count). The number of hydrogen-bond donors (Lipinski definition) is 1. The van der Waals surface area contributed by atoms with Gasteiger partial charge < -0.3 is 5.11 Å². The lowest BCUT2D eigenvalue weighted by Crippen LogP contribution is -2.18. The van der Waals surface area contributed by atoms with Gasteiger partial charge in [-0.3, -0.25) is 0 Å². The average Bonchev–Trinajstić information content (AvgIpc) is 2.69. The molecular formula is C13H14F2O. The van der Waals surface area contributed by atoms with Crippen molar-refractivity contribution in [3.8, 4) is 0 Å². The molecule has 0 aromatic heterocycles. The Morgan fingerprint density at radius 1 is 1.25 bits per heavy atom. The van der Waals surface area contributed by atoms with Gasteiger partial charge >= 0.3 is 0 Å². The Morgan fingerprint density at radius 3 is 2.50 bits per heavy atom. The molecule has 1 aromatic carbocycles. The van der Waals surface area contributed by atoms with Gasteiger partial charge in [0.15, 0.2) is 0 Å². The van der Waals surface area contributed by atoms with Crippen molar-refractivity contribution in [3.63, 3.8) is 0 Å². The molecule has 0 saturated heterocycles. The highest BCUT2D eigenvalue weighted by molar-refractivity contribution is 5.38. The zero-order chi connectivity index (χ0) is 11.5. The molecule has 2 aliphatic rings. The molecule has 1 N–H and O–H groups in total. The van der Waals surface area contributed by atoms with Crippen molar-refractivity contribution >= 4 is 0 Å². The van der Waals surface area contributed by atoms with Crippen LogP contribution in [0.15, 0.2) is 12.1 Å². The molecule has 0 aliphatic heterocycles. The van der Waals surface area contributed by atoms with Crippen molar-refractivity contribution in [1.82, 2.24) is 0 Å². The summed E-state index contributed by atoms with van der Waals surface area (Å²) >= 11 is 0. The lowest BCUT2D eigenvalue weighted by atomic mass is 9.96. The fourth-order valence-electron chi connectivity index (χ4n) is 3.32. The Morgan fingerprint density at radius 2 is 1.88 bits per heavy atom. The molecule has 2 unspecified atom stereocenters. The zero-order valence-corrected chi connectivity index (χ0v) is 9.13. The summed E-state index contributed by atoms with van der Waals surface area (Å²) in [7, 11) is 0. The van der Waals surface area contributed by atoms with E-state index in [1.165, 1.54) is 12.1 Å². The number of fused-ring (bicyclic) bond motifs is 1. The van der Waals surface area contributed by atoms with Crippen LogP contribution in [0.1, 0.15) is 30.4 Å². The number of halogens is 2. The summed E-state index contributed by atoms with van der Waals surface area (Å²) in [5, 5.41) is 10.4. The molecule has 2 saturated carbocycles. The molecule has 0 heterocycles. The van der Waals surface area contributed by atoms with Crippen molar-refractivity contribution in [1.29, 1.82) is 0 Å². The molecule has 2 atom stereocenters. The molecule has 0 spiro atoms. The van der Waals surface area contributed by atoms with Gasteiger partial charge in [0.1, 0.15) is 17.2 Å². The van der Waals surface area contributed by atoms with E-state index in [1.54, 1.807) is 6.92 Å². The summed E-state index contributed by atoms with van der Waals surface area (Å²) in [5.41, 5.74) is -0.921. The molecule has 3 heteroatoms. The second-order valence-corrected chi connectivity index (χ2v) is 5.02. The molecular weight excluding hydrogens is 210 g/mol. The van der Waals surface area contributed by atoms with Crippen LogP contribution in [0, 0.1) is 30.4 Å². The van der Waals surface area contributed by atoms with Crippen LogP contribution in [0.5, 0.6) is 0 Å². The predicted octanol–water partition coefficient (Wildman–Crippen LogP) is 2.89. The smallest absolute Gasteiger partial charge is 0.135 e. The van der Waals surface area contributed by atoms with Crippen LogP contribution >= 0.6 is 0 Å². The minimum atomic E-state index is -1.22. The monoisotopic (exact) mass is 224 g/mol. The summed E-state index contributed by atoms with van der Waals surface area (Å²) in [6.45, 7) is 1.60. The molecule has 2 aliphatic carbocycles. The van der Waals surface area contributed by atoms with E-state index in [4.69, 9.17) is 0 Å². The minimum Gasteiger partial charge on any atom is -0.384 e. The maximum Gasteiger partial charge on any atom is 0.135 e. The first-order valence-electron chi connectivity index (χ1n) is 5.74. The first kappa shape index (κ1) is 10.2. The minimum absolute atomic E-state index is 0.0679. The quantitative estimate of drug-likeness (QED) is 0.777. The SMILES string of the molecule is Cc1ccc(F)c(C2(O)C3CCCC32)c1F. The van der Waals surface area contributed by atoms with E-state index in [-0.39, 0.29) is 17.4 Å². The van der Waals surface area contributed by atoms with E-state index in [9.17, 15) is 13.9 Å². The largest absolute Gasteiger partial charge is 0.384 e. The number of benzene rings is 1. The predicted molar refractivity (Wildman–Crippen MR) is 55.8 cm³/mol. The van der Waals surface area contributed by atoms with Gasteiger partial charge in [0.25, 0.3) is 0 Å². The van der Waals surface area contributed by atoms with Gasteiger partial charge in [0.05, 0.1) is 5.56 Å². The van der Waals surface area contributed by atoms with E-state index in [0.717, 1.165) is 19.3 Å². The lowest BCUT2D eigenvalue weighted by Gasteiger charge is -2.17. The molecule has 1 nitrogen and oxygen atoms in total. The number of aliphatic hydroxyl groups is 1. The van der Waals surface area contributed by atoms with Crippen molar-refractivity contribution in [2.24, 2.45) is 11.8 Å². The second-order valence-electron chi connectivity index (χ2n) is 5.02. The first-order valence-corrected chi connectivity index (χ1v) is 5.74. The maximum absolute atomic E-state index is 13.9. The third-order valence-electron chi connectivity index (χ3n) is 4.22. The average molecular weight is 224 g/mol. The van der Waals surface area contributed by atoms with E-state index >= 15 is 0 Å². The molecule has 0 amide bonds. The number of aryl methyl sites for hydroxylation is 1. The standard InChI is InChI=1S/C13H14F2O/c1-7-5-6-10(14)11(12(7)15)13(16)8-3-2-4-9(8)13/h5-6,8-9,16H,2-4H2,1H3. The highest BCUT2D eigenvalue weighted by Crippen LogP contribution is 2.66. The number of rotatable bonds is 1. The summed E-state index contributed by atoms with van der Waals surface area (Å²) in [6, 6.07) is 2.66. The van der Waals surface area contributed by atoms with Crippen LogP contribution in [-0.4, -0.2) is 5.11 Å². The van der Waals surface area contributed by atoms with E-state index in [2.05, 4.69) is 0 Å². The Bertz CT molecular complexity index is 445. The topological polar surface area (TPSA) is 20.2 Å². The maximum atomic E-state index is 13.9. The zero-order valence-electron chi connectivity index (χ0n) is 9.13. The van der Waals surface area contributed by atoms with Gasteiger partial charge in [-0.15, -0.1) is 0 Å². The second kappa shape index (κ2) is 3.04. The van der Waals surface area contributed by atoms with Crippen LogP contribution in [-0.2, 0) is 5.60 Å². The summed E-state index contributed by atoms with van der Waals surface area (Å²) in [6.07, 6.45) is 2.83. The Labute approximate surface area is 93.1 Å². The molecule has 1 aromatic rings. The molecule has 2 fully saturated rings. The lowest BCUT2D eigenvalue weighted by molar-refractivity contribution is 0.0966. The van der Waals surface area contributed by atoms with Crippen LogP contribution in [0.3, 0.4) is 0 Å². The van der Waals surface area contributed by atoms with Gasteiger partial charge in [0, 0.05) is 0 Å². The fraction of sp³-hybridized carbons (Fsp3) is 0.538. The van der Waals surface area contributed by atoms with E-state index in [1.807, 2.05) is 0 Å². The molecule has 0 bridgehead atoms. The summed E-state index contributed by atoms with van der Waals surface area (Å²) in [5.74, 6) is -1.05. The molecule has 86 valence electrons. The highest BCUT2D eigenvalue weighted by atomic mass is 19.1. The van der Waals surface area contributed by atoms with Crippen molar-refractivity contribution < 1.29 is 13.9 Å². The first-order chi connectivity index (χ1) is 7.56.